The van der Waals surface area contributed by atoms with Gasteiger partial charge in [0.25, 0.3) is 0 Å². The molecule has 7 nitrogen and oxygen atoms in total. The third kappa shape index (κ3) is 8.51. The van der Waals surface area contributed by atoms with E-state index in [1.54, 1.807) is 7.11 Å². The Balaban J connectivity index is 1.75. The third-order valence-electron chi connectivity index (χ3n) is 4.98. The van der Waals surface area contributed by atoms with Crippen molar-refractivity contribution in [3.8, 4) is 5.75 Å². The van der Waals surface area contributed by atoms with E-state index in [4.69, 9.17) is 14.5 Å². The summed E-state index contributed by atoms with van der Waals surface area (Å²) in [6.07, 6.45) is 2.61. The fourth-order valence-corrected chi connectivity index (χ4v) is 3.30. The van der Waals surface area contributed by atoms with Gasteiger partial charge in [-0.15, -0.1) is 0 Å². The van der Waals surface area contributed by atoms with Crippen LogP contribution in [0.25, 0.3) is 0 Å². The lowest BCUT2D eigenvalue weighted by Crippen LogP contribution is -2.42. The lowest BCUT2D eigenvalue weighted by atomic mass is 9.97. The fourth-order valence-electron chi connectivity index (χ4n) is 3.30. The highest BCUT2D eigenvalue weighted by Gasteiger charge is 2.26. The van der Waals surface area contributed by atoms with Gasteiger partial charge in [-0.2, -0.15) is 0 Å². The molecule has 0 aliphatic carbocycles. The molecule has 0 spiro atoms. The summed E-state index contributed by atoms with van der Waals surface area (Å²) in [5.74, 6) is 2.21. The standard InChI is InChI=1S/C23H38N4O3/c1-6-24-21(25-14-11-18-7-9-20(29-5)10-8-18)26-17-19-12-15-27(16-13-19)22(28)30-23(2,3)4/h7-10,19H,6,11-17H2,1-5H3,(H2,24,25,26). The summed E-state index contributed by atoms with van der Waals surface area (Å²) in [5.41, 5.74) is 0.810. The molecule has 0 saturated carbocycles. The van der Waals surface area contributed by atoms with Gasteiger partial charge in [-0.1, -0.05) is 12.1 Å². The number of ether oxygens (including phenoxy) is 2. The Labute approximate surface area is 181 Å². The predicted molar refractivity (Wildman–Crippen MR) is 121 cm³/mol. The van der Waals surface area contributed by atoms with Gasteiger partial charge in [0.2, 0.25) is 0 Å². The van der Waals surface area contributed by atoms with E-state index < -0.39 is 5.60 Å². The quantitative estimate of drug-likeness (QED) is 0.524. The molecule has 2 N–H and O–H groups in total. The minimum Gasteiger partial charge on any atom is -0.497 e. The molecule has 0 radical (unpaired) electrons. The van der Waals surface area contributed by atoms with Crippen LogP contribution in [-0.2, 0) is 11.2 Å². The second-order valence-corrected chi connectivity index (χ2v) is 8.66. The van der Waals surface area contributed by atoms with Crippen LogP contribution in [0.1, 0.15) is 46.1 Å². The molecule has 0 atom stereocenters. The number of carbonyl (C=O) groups is 1. The number of carbonyl (C=O) groups excluding carboxylic acids is 1. The van der Waals surface area contributed by atoms with E-state index in [1.165, 1.54) is 5.56 Å². The van der Waals surface area contributed by atoms with Crippen LogP contribution < -0.4 is 15.4 Å². The number of likely N-dealkylation sites (tertiary alicyclic amines) is 1. The van der Waals surface area contributed by atoms with Crippen LogP contribution >= 0.6 is 0 Å². The minimum atomic E-state index is -0.448. The number of methoxy groups -OCH3 is 1. The van der Waals surface area contributed by atoms with E-state index in [-0.39, 0.29) is 6.09 Å². The number of nitrogens with one attached hydrogen (secondary N) is 2. The molecule has 1 aliphatic heterocycles. The minimum absolute atomic E-state index is 0.210. The number of guanidine groups is 1. The first-order chi connectivity index (χ1) is 14.3. The molecule has 1 amide bonds. The van der Waals surface area contributed by atoms with Crippen LogP contribution in [0.3, 0.4) is 0 Å². The Hall–Kier alpha value is -2.44. The van der Waals surface area contributed by atoms with Crippen LogP contribution in [0.2, 0.25) is 0 Å². The van der Waals surface area contributed by atoms with Crippen molar-refractivity contribution in [1.82, 2.24) is 15.5 Å². The lowest BCUT2D eigenvalue weighted by Gasteiger charge is -2.33. The summed E-state index contributed by atoms with van der Waals surface area (Å²) in [6, 6.07) is 8.14. The van der Waals surface area contributed by atoms with Crippen molar-refractivity contribution < 1.29 is 14.3 Å². The van der Waals surface area contributed by atoms with Gasteiger partial charge >= 0.3 is 6.09 Å². The molecular formula is C23H38N4O3. The average Bonchev–Trinajstić information content (AvgIpc) is 2.71. The molecule has 1 heterocycles. The number of piperidine rings is 1. The summed E-state index contributed by atoms with van der Waals surface area (Å²) in [6.45, 7) is 11.6. The van der Waals surface area contributed by atoms with Gasteiger partial charge in [-0.25, -0.2) is 4.79 Å². The largest absolute Gasteiger partial charge is 0.497 e. The molecule has 1 aliphatic rings. The molecule has 0 unspecified atom stereocenters. The first-order valence-electron chi connectivity index (χ1n) is 10.9. The van der Waals surface area contributed by atoms with Crippen molar-refractivity contribution in [3.63, 3.8) is 0 Å². The monoisotopic (exact) mass is 418 g/mol. The highest BCUT2D eigenvalue weighted by molar-refractivity contribution is 5.79. The number of nitrogens with zero attached hydrogens (tertiary/aromatic N) is 2. The summed E-state index contributed by atoms with van der Waals surface area (Å²) in [7, 11) is 1.68. The smallest absolute Gasteiger partial charge is 0.410 e. The van der Waals surface area contributed by atoms with E-state index >= 15 is 0 Å². The van der Waals surface area contributed by atoms with Crippen LogP contribution in [0, 0.1) is 5.92 Å². The third-order valence-corrected chi connectivity index (χ3v) is 4.98. The Kier molecular flexibility index (Phi) is 9.27. The first-order valence-corrected chi connectivity index (χ1v) is 10.9. The number of aliphatic imine (C=N–C) groups is 1. The normalized spacial score (nSPS) is 15.6. The summed E-state index contributed by atoms with van der Waals surface area (Å²) in [5, 5.41) is 6.73. The highest BCUT2D eigenvalue weighted by Crippen LogP contribution is 2.20. The maximum atomic E-state index is 12.2. The Morgan fingerprint density at radius 3 is 2.40 bits per heavy atom. The van der Waals surface area contributed by atoms with Gasteiger partial charge < -0.3 is 25.0 Å². The SMILES string of the molecule is CCNC(=NCC1CCN(C(=O)OC(C)(C)C)CC1)NCCc1ccc(OC)cc1. The van der Waals surface area contributed by atoms with Crippen LogP contribution in [0.5, 0.6) is 5.75 Å². The molecule has 168 valence electrons. The molecule has 1 aromatic rings. The zero-order chi connectivity index (χ0) is 22.0. The van der Waals surface area contributed by atoms with Crippen LogP contribution in [-0.4, -0.2) is 62.4 Å². The highest BCUT2D eigenvalue weighted by atomic mass is 16.6. The predicted octanol–water partition coefficient (Wildman–Crippen LogP) is 3.44. The van der Waals surface area contributed by atoms with Gasteiger partial charge in [-0.3, -0.25) is 4.99 Å². The van der Waals surface area contributed by atoms with Gasteiger partial charge in [0, 0.05) is 32.7 Å². The second kappa shape index (κ2) is 11.7. The molecule has 2 rings (SSSR count). The maximum absolute atomic E-state index is 12.2. The van der Waals surface area contributed by atoms with E-state index in [0.29, 0.717) is 5.92 Å². The lowest BCUT2D eigenvalue weighted by molar-refractivity contribution is 0.0187. The molecule has 1 saturated heterocycles. The van der Waals surface area contributed by atoms with Crippen LogP contribution in [0.4, 0.5) is 4.79 Å². The van der Waals surface area contributed by atoms with Crippen molar-refractivity contribution in [2.24, 2.45) is 10.9 Å². The van der Waals surface area contributed by atoms with Crippen molar-refractivity contribution in [3.05, 3.63) is 29.8 Å². The second-order valence-electron chi connectivity index (χ2n) is 8.66. The van der Waals surface area contributed by atoms with Gasteiger partial charge in [0.15, 0.2) is 5.96 Å². The zero-order valence-corrected chi connectivity index (χ0v) is 19.2. The van der Waals surface area contributed by atoms with E-state index in [1.807, 2.05) is 37.8 Å². The molecule has 0 aromatic heterocycles. The Morgan fingerprint density at radius 1 is 1.17 bits per heavy atom. The summed E-state index contributed by atoms with van der Waals surface area (Å²) >= 11 is 0. The van der Waals surface area contributed by atoms with E-state index in [9.17, 15) is 4.79 Å². The molecule has 0 bridgehead atoms. The van der Waals surface area contributed by atoms with E-state index in [2.05, 4.69) is 29.7 Å². The summed E-state index contributed by atoms with van der Waals surface area (Å²) < 4.78 is 10.7. The van der Waals surface area contributed by atoms with Crippen molar-refractivity contribution >= 4 is 12.1 Å². The Bertz CT molecular complexity index is 675. The molecule has 1 fully saturated rings. The van der Waals surface area contributed by atoms with E-state index in [0.717, 1.165) is 63.7 Å². The van der Waals surface area contributed by atoms with Crippen LogP contribution in [0.15, 0.2) is 29.3 Å². The van der Waals surface area contributed by atoms with Crippen molar-refractivity contribution in [2.75, 3.05) is 39.8 Å². The van der Waals surface area contributed by atoms with Gasteiger partial charge in [-0.05, 0) is 70.6 Å². The number of hydrogen-bond donors (Lipinski definition) is 2. The summed E-state index contributed by atoms with van der Waals surface area (Å²) in [4.78, 5) is 18.8. The average molecular weight is 419 g/mol. The number of benzene rings is 1. The van der Waals surface area contributed by atoms with Crippen molar-refractivity contribution in [1.29, 1.82) is 0 Å². The molecular weight excluding hydrogens is 380 g/mol. The Morgan fingerprint density at radius 2 is 1.83 bits per heavy atom. The first kappa shape index (κ1) is 23.8. The maximum Gasteiger partial charge on any atom is 0.410 e. The number of rotatable bonds is 7. The molecule has 30 heavy (non-hydrogen) atoms. The number of hydrogen-bond acceptors (Lipinski definition) is 4. The fraction of sp³-hybridized carbons (Fsp3) is 0.652. The molecule has 7 heteroatoms. The zero-order valence-electron chi connectivity index (χ0n) is 19.2. The molecule has 1 aromatic carbocycles. The van der Waals surface area contributed by atoms with Gasteiger partial charge in [0.05, 0.1) is 7.11 Å². The van der Waals surface area contributed by atoms with Crippen molar-refractivity contribution in [2.45, 2.75) is 52.6 Å². The van der Waals surface area contributed by atoms with Gasteiger partial charge in [0.1, 0.15) is 11.4 Å². The topological polar surface area (TPSA) is 75.2 Å². The number of amides is 1.